The van der Waals surface area contributed by atoms with E-state index in [0.717, 1.165) is 11.3 Å². The molecule has 2 aromatic heterocycles. The molecule has 4 nitrogen and oxygen atoms in total. The predicted octanol–water partition coefficient (Wildman–Crippen LogP) is 3.03. The van der Waals surface area contributed by atoms with Crippen molar-refractivity contribution in [2.24, 2.45) is 5.92 Å². The molecule has 22 heavy (non-hydrogen) atoms. The molecule has 0 spiro atoms. The molecular weight excluding hydrogens is 276 g/mol. The van der Waals surface area contributed by atoms with Crippen LogP contribution in [-0.2, 0) is 6.54 Å². The zero-order valence-electron chi connectivity index (χ0n) is 13.1. The summed E-state index contributed by atoms with van der Waals surface area (Å²) in [5.41, 5.74) is 2.58. The lowest BCUT2D eigenvalue weighted by molar-refractivity contribution is 0.194. The Kier molecular flexibility index (Phi) is 3.84. The third-order valence-corrected chi connectivity index (χ3v) is 3.97. The summed E-state index contributed by atoms with van der Waals surface area (Å²) < 4.78 is 7.73. The molecular formula is C18H20N2O2. The number of hydrogen-bond acceptors (Lipinski definition) is 3. The van der Waals surface area contributed by atoms with Gasteiger partial charge in [-0.3, -0.25) is 9.78 Å². The maximum Gasteiger partial charge on any atom is 0.262 e. The molecule has 0 fully saturated rings. The van der Waals surface area contributed by atoms with Crippen LogP contribution >= 0.6 is 0 Å². The van der Waals surface area contributed by atoms with Gasteiger partial charge in [0, 0.05) is 24.2 Å². The van der Waals surface area contributed by atoms with Crippen LogP contribution in [0.1, 0.15) is 30.7 Å². The van der Waals surface area contributed by atoms with Gasteiger partial charge in [-0.2, -0.15) is 0 Å². The summed E-state index contributed by atoms with van der Waals surface area (Å²) in [5.74, 6) is 1.07. The van der Waals surface area contributed by atoms with Gasteiger partial charge in [-0.25, -0.2) is 0 Å². The summed E-state index contributed by atoms with van der Waals surface area (Å²) in [5, 5.41) is 0. The van der Waals surface area contributed by atoms with Crippen molar-refractivity contribution >= 4 is 6.08 Å². The quantitative estimate of drug-likeness (QED) is 0.874. The van der Waals surface area contributed by atoms with Crippen LogP contribution in [0.5, 0.6) is 5.75 Å². The van der Waals surface area contributed by atoms with E-state index in [1.165, 1.54) is 0 Å². The van der Waals surface area contributed by atoms with E-state index >= 15 is 0 Å². The zero-order chi connectivity index (χ0) is 15.7. The molecule has 0 N–H and O–H groups in total. The van der Waals surface area contributed by atoms with Gasteiger partial charge in [-0.15, -0.1) is 0 Å². The third-order valence-electron chi connectivity index (χ3n) is 3.97. The van der Waals surface area contributed by atoms with Gasteiger partial charge in [0.1, 0.15) is 11.9 Å². The SMILES string of the molecule is Cc1cc2c(c(=O)n1Cc1ccncc1)C=C[C@H](C(C)C)O2. The fourth-order valence-electron chi connectivity index (χ4n) is 2.61. The van der Waals surface area contributed by atoms with Crippen molar-refractivity contribution in [3.05, 3.63) is 63.8 Å². The Morgan fingerprint density at radius 1 is 1.32 bits per heavy atom. The molecule has 2 aromatic rings. The summed E-state index contributed by atoms with van der Waals surface area (Å²) in [6.07, 6.45) is 7.38. The van der Waals surface area contributed by atoms with Crippen LogP contribution < -0.4 is 10.3 Å². The first kappa shape index (κ1) is 14.6. The van der Waals surface area contributed by atoms with Gasteiger partial charge in [0.25, 0.3) is 5.56 Å². The zero-order valence-corrected chi connectivity index (χ0v) is 13.1. The number of rotatable bonds is 3. The van der Waals surface area contributed by atoms with E-state index in [1.54, 1.807) is 17.0 Å². The first-order chi connectivity index (χ1) is 10.6. The highest BCUT2D eigenvalue weighted by atomic mass is 16.5. The maximum absolute atomic E-state index is 12.7. The number of hydrogen-bond donors (Lipinski definition) is 0. The van der Waals surface area contributed by atoms with Crippen molar-refractivity contribution in [2.45, 2.75) is 33.4 Å². The Hall–Kier alpha value is -2.36. The minimum absolute atomic E-state index is 0.00901. The van der Waals surface area contributed by atoms with Crippen molar-refractivity contribution in [3.63, 3.8) is 0 Å². The Balaban J connectivity index is 2.00. The maximum atomic E-state index is 12.7. The van der Waals surface area contributed by atoms with Gasteiger partial charge >= 0.3 is 0 Å². The average molecular weight is 296 g/mol. The molecule has 0 radical (unpaired) electrons. The number of fused-ring (bicyclic) bond motifs is 1. The lowest BCUT2D eigenvalue weighted by Gasteiger charge is -2.25. The molecule has 0 aliphatic carbocycles. The van der Waals surface area contributed by atoms with Crippen LogP contribution in [0, 0.1) is 12.8 Å². The monoisotopic (exact) mass is 296 g/mol. The average Bonchev–Trinajstić information content (AvgIpc) is 2.52. The molecule has 1 atom stereocenters. The molecule has 114 valence electrons. The Morgan fingerprint density at radius 3 is 2.73 bits per heavy atom. The fraction of sp³-hybridized carbons (Fsp3) is 0.333. The standard InChI is InChI=1S/C18H20N2O2/c1-12(2)16-5-4-15-17(22-16)10-13(3)20(18(15)21)11-14-6-8-19-9-7-14/h4-10,12,16H,11H2,1-3H3/t16-/m1/s1. The van der Waals surface area contributed by atoms with Crippen LogP contribution in [0.3, 0.4) is 0 Å². The van der Waals surface area contributed by atoms with Crippen LogP contribution in [0.4, 0.5) is 0 Å². The van der Waals surface area contributed by atoms with E-state index in [1.807, 2.05) is 37.3 Å². The molecule has 4 heteroatoms. The highest BCUT2D eigenvalue weighted by molar-refractivity contribution is 5.59. The van der Waals surface area contributed by atoms with Crippen LogP contribution in [0.15, 0.2) is 41.5 Å². The molecule has 3 rings (SSSR count). The largest absolute Gasteiger partial charge is 0.485 e. The second-order valence-electron chi connectivity index (χ2n) is 6.00. The van der Waals surface area contributed by atoms with Gasteiger partial charge in [-0.05, 0) is 42.7 Å². The van der Waals surface area contributed by atoms with Crippen molar-refractivity contribution in [2.75, 3.05) is 0 Å². The van der Waals surface area contributed by atoms with E-state index in [4.69, 9.17) is 4.74 Å². The lowest BCUT2D eigenvalue weighted by atomic mass is 10.0. The van der Waals surface area contributed by atoms with Crippen molar-refractivity contribution < 1.29 is 4.74 Å². The lowest BCUT2D eigenvalue weighted by Crippen LogP contribution is -2.30. The molecule has 1 aliphatic heterocycles. The van der Waals surface area contributed by atoms with Gasteiger partial charge in [-0.1, -0.05) is 13.8 Å². The molecule has 3 heterocycles. The van der Waals surface area contributed by atoms with Gasteiger partial charge in [0.05, 0.1) is 12.1 Å². The highest BCUT2D eigenvalue weighted by Crippen LogP contribution is 2.27. The molecule has 0 bridgehead atoms. The second kappa shape index (κ2) is 5.79. The number of aromatic nitrogens is 2. The Labute approximate surface area is 130 Å². The van der Waals surface area contributed by atoms with Crippen LogP contribution in [-0.4, -0.2) is 15.7 Å². The van der Waals surface area contributed by atoms with E-state index < -0.39 is 0 Å². The number of nitrogens with zero attached hydrogens (tertiary/aromatic N) is 2. The molecule has 0 unspecified atom stereocenters. The number of ether oxygens (including phenoxy) is 1. The smallest absolute Gasteiger partial charge is 0.262 e. The molecule has 0 amide bonds. The number of aryl methyl sites for hydroxylation is 1. The summed E-state index contributed by atoms with van der Waals surface area (Å²) in [4.78, 5) is 16.7. The minimum Gasteiger partial charge on any atom is -0.485 e. The Bertz CT molecular complexity index is 761. The van der Waals surface area contributed by atoms with E-state index in [0.29, 0.717) is 23.8 Å². The first-order valence-corrected chi connectivity index (χ1v) is 7.54. The third kappa shape index (κ3) is 2.69. The minimum atomic E-state index is -0.00901. The summed E-state index contributed by atoms with van der Waals surface area (Å²) in [7, 11) is 0. The predicted molar refractivity (Wildman–Crippen MR) is 87.1 cm³/mol. The molecule has 0 saturated heterocycles. The highest BCUT2D eigenvalue weighted by Gasteiger charge is 2.21. The fourth-order valence-corrected chi connectivity index (χ4v) is 2.61. The van der Waals surface area contributed by atoms with E-state index in [2.05, 4.69) is 18.8 Å². The topological polar surface area (TPSA) is 44.1 Å². The Morgan fingerprint density at radius 2 is 2.05 bits per heavy atom. The first-order valence-electron chi connectivity index (χ1n) is 7.54. The van der Waals surface area contributed by atoms with E-state index in [-0.39, 0.29) is 11.7 Å². The van der Waals surface area contributed by atoms with E-state index in [9.17, 15) is 4.79 Å². The molecule has 0 aromatic carbocycles. The second-order valence-corrected chi connectivity index (χ2v) is 6.00. The van der Waals surface area contributed by atoms with Gasteiger partial charge in [0.2, 0.25) is 0 Å². The summed E-state index contributed by atoms with van der Waals surface area (Å²) in [6.45, 7) is 6.70. The normalized spacial score (nSPS) is 16.5. The van der Waals surface area contributed by atoms with Gasteiger partial charge < -0.3 is 9.30 Å². The van der Waals surface area contributed by atoms with Crippen molar-refractivity contribution in [3.8, 4) is 5.75 Å². The van der Waals surface area contributed by atoms with Crippen molar-refractivity contribution in [1.82, 2.24) is 9.55 Å². The summed E-state index contributed by atoms with van der Waals surface area (Å²) >= 11 is 0. The van der Waals surface area contributed by atoms with Crippen LogP contribution in [0.25, 0.3) is 6.08 Å². The molecule has 1 aliphatic rings. The molecule has 0 saturated carbocycles. The number of pyridine rings is 2. The summed E-state index contributed by atoms with van der Waals surface area (Å²) in [6, 6.07) is 5.80. The van der Waals surface area contributed by atoms with Crippen molar-refractivity contribution in [1.29, 1.82) is 0 Å². The van der Waals surface area contributed by atoms with Gasteiger partial charge in [0.15, 0.2) is 0 Å². The van der Waals surface area contributed by atoms with Crippen LogP contribution in [0.2, 0.25) is 0 Å².